The van der Waals surface area contributed by atoms with Gasteiger partial charge in [0.1, 0.15) is 6.61 Å². The van der Waals surface area contributed by atoms with Gasteiger partial charge >= 0.3 is 0 Å². The molecular formula is C21H26BrNO3. The Morgan fingerprint density at radius 1 is 1.19 bits per heavy atom. The van der Waals surface area contributed by atoms with Crippen molar-refractivity contribution < 1.29 is 9.47 Å². The predicted molar refractivity (Wildman–Crippen MR) is 107 cm³/mol. The highest BCUT2D eigenvalue weighted by Gasteiger charge is 2.15. The number of pyridine rings is 1. The third-order valence-corrected chi connectivity index (χ3v) is 5.68. The molecule has 2 heterocycles. The van der Waals surface area contributed by atoms with E-state index in [0.29, 0.717) is 17.0 Å². The van der Waals surface area contributed by atoms with Crippen molar-refractivity contribution in [2.24, 2.45) is 0 Å². The van der Waals surface area contributed by atoms with Gasteiger partial charge in [0, 0.05) is 18.4 Å². The minimum atomic E-state index is -0.0559. The maximum atomic E-state index is 12.2. The normalized spacial score (nSPS) is 17.2. The van der Waals surface area contributed by atoms with Crippen molar-refractivity contribution in [3.63, 3.8) is 0 Å². The van der Waals surface area contributed by atoms with Crippen molar-refractivity contribution in [3.8, 4) is 5.88 Å². The third kappa shape index (κ3) is 5.21. The van der Waals surface area contributed by atoms with Crippen molar-refractivity contribution in [1.82, 2.24) is 4.98 Å². The number of H-pyrrole nitrogens is 1. The molecule has 0 radical (unpaired) electrons. The van der Waals surface area contributed by atoms with E-state index in [-0.39, 0.29) is 11.5 Å². The Kier molecular flexibility index (Phi) is 6.92. The highest BCUT2D eigenvalue weighted by molar-refractivity contribution is 9.10. The number of aryl methyl sites for hydroxylation is 3. The molecule has 1 aromatic heterocycles. The number of aromatic amines is 1. The number of benzene rings is 1. The van der Waals surface area contributed by atoms with Gasteiger partial charge in [-0.25, -0.2) is 0 Å². The number of halogens is 1. The van der Waals surface area contributed by atoms with Crippen LogP contribution >= 0.6 is 15.9 Å². The minimum Gasteiger partial charge on any atom is -0.476 e. The molecule has 1 aliphatic heterocycles. The van der Waals surface area contributed by atoms with Gasteiger partial charge in [-0.15, -0.1) is 0 Å². The van der Waals surface area contributed by atoms with Crippen molar-refractivity contribution in [2.45, 2.75) is 51.6 Å². The van der Waals surface area contributed by atoms with Gasteiger partial charge in [-0.2, -0.15) is 0 Å². The summed E-state index contributed by atoms with van der Waals surface area (Å²) in [5.41, 5.74) is 3.41. The van der Waals surface area contributed by atoms with Crippen molar-refractivity contribution in [1.29, 1.82) is 0 Å². The number of hydrogen-bond donors (Lipinski definition) is 1. The van der Waals surface area contributed by atoms with Gasteiger partial charge in [0.05, 0.1) is 10.6 Å². The molecule has 140 valence electrons. The Hall–Kier alpha value is -1.59. The SMILES string of the molecule is CCc1ccc(CCc2[nH]c(OCC3CCCCO3)cc(=O)c2Br)cc1. The minimum absolute atomic E-state index is 0.0559. The van der Waals surface area contributed by atoms with Crippen LogP contribution in [-0.2, 0) is 24.0 Å². The second kappa shape index (κ2) is 9.38. The Balaban J connectivity index is 1.63. The van der Waals surface area contributed by atoms with Gasteiger partial charge in [-0.3, -0.25) is 4.79 Å². The van der Waals surface area contributed by atoms with Gasteiger partial charge in [0.2, 0.25) is 0 Å². The molecule has 5 heteroatoms. The molecule has 0 spiro atoms. The van der Waals surface area contributed by atoms with Gasteiger partial charge in [0.25, 0.3) is 0 Å². The van der Waals surface area contributed by atoms with E-state index in [2.05, 4.69) is 52.1 Å². The van der Waals surface area contributed by atoms with Crippen LogP contribution in [-0.4, -0.2) is 24.3 Å². The molecule has 2 aromatic rings. The molecule has 1 fully saturated rings. The Labute approximate surface area is 163 Å². The van der Waals surface area contributed by atoms with Crippen molar-refractivity contribution in [3.05, 3.63) is 61.8 Å². The van der Waals surface area contributed by atoms with Crippen LogP contribution in [0.5, 0.6) is 5.88 Å². The summed E-state index contributed by atoms with van der Waals surface area (Å²) in [7, 11) is 0. The lowest BCUT2D eigenvalue weighted by molar-refractivity contribution is -0.0120. The van der Waals surface area contributed by atoms with Gasteiger partial charge in [-0.1, -0.05) is 31.2 Å². The van der Waals surface area contributed by atoms with Crippen molar-refractivity contribution >= 4 is 15.9 Å². The molecule has 3 rings (SSSR count). The van der Waals surface area contributed by atoms with E-state index >= 15 is 0 Å². The zero-order chi connectivity index (χ0) is 18.4. The molecule has 1 atom stereocenters. The highest BCUT2D eigenvalue weighted by atomic mass is 79.9. The first kappa shape index (κ1) is 19.2. The number of aromatic nitrogens is 1. The fourth-order valence-corrected chi connectivity index (χ4v) is 3.57. The molecular weight excluding hydrogens is 394 g/mol. The fraction of sp³-hybridized carbons (Fsp3) is 0.476. The molecule has 1 N–H and O–H groups in total. The summed E-state index contributed by atoms with van der Waals surface area (Å²) in [5, 5.41) is 0. The molecule has 1 saturated heterocycles. The van der Waals surface area contributed by atoms with Crippen LogP contribution in [0.25, 0.3) is 0 Å². The molecule has 1 unspecified atom stereocenters. The Bertz CT molecular complexity index is 764. The van der Waals surface area contributed by atoms with Crippen LogP contribution in [0.4, 0.5) is 0 Å². The van der Waals surface area contributed by atoms with Crippen LogP contribution in [0.3, 0.4) is 0 Å². The number of rotatable bonds is 7. The van der Waals surface area contributed by atoms with E-state index in [1.54, 1.807) is 0 Å². The van der Waals surface area contributed by atoms with Crippen LogP contribution in [0.1, 0.15) is 43.0 Å². The summed E-state index contributed by atoms with van der Waals surface area (Å²) in [5.74, 6) is 0.517. The average Bonchev–Trinajstić information content (AvgIpc) is 2.69. The highest BCUT2D eigenvalue weighted by Crippen LogP contribution is 2.18. The molecule has 0 aliphatic carbocycles. The molecule has 1 aromatic carbocycles. The van der Waals surface area contributed by atoms with Crippen LogP contribution in [0.2, 0.25) is 0 Å². The molecule has 1 aliphatic rings. The second-order valence-corrected chi connectivity index (χ2v) is 7.55. The maximum Gasteiger partial charge on any atom is 0.199 e. The van der Waals surface area contributed by atoms with Crippen LogP contribution in [0.15, 0.2) is 39.6 Å². The molecule has 0 amide bonds. The quantitative estimate of drug-likeness (QED) is 0.721. The zero-order valence-corrected chi connectivity index (χ0v) is 16.8. The standard InChI is InChI=1S/C21H26BrNO3/c1-2-15-6-8-16(9-7-15)10-11-18-21(22)19(24)13-20(23-18)26-14-17-5-3-4-12-25-17/h6-9,13,17H,2-5,10-12,14H2,1H3,(H,23,24). The molecule has 4 nitrogen and oxygen atoms in total. The van der Waals surface area contributed by atoms with Gasteiger partial charge in [0.15, 0.2) is 11.3 Å². The van der Waals surface area contributed by atoms with E-state index in [1.165, 1.54) is 23.6 Å². The molecule has 0 bridgehead atoms. The lowest BCUT2D eigenvalue weighted by Gasteiger charge is -2.22. The third-order valence-electron chi connectivity index (χ3n) is 4.81. The van der Waals surface area contributed by atoms with E-state index in [9.17, 15) is 4.79 Å². The van der Waals surface area contributed by atoms with E-state index in [0.717, 1.165) is 44.4 Å². The summed E-state index contributed by atoms with van der Waals surface area (Å²) in [6, 6.07) is 10.2. The summed E-state index contributed by atoms with van der Waals surface area (Å²) < 4.78 is 12.1. The first-order valence-electron chi connectivity index (χ1n) is 9.39. The zero-order valence-electron chi connectivity index (χ0n) is 15.2. The number of nitrogens with one attached hydrogen (secondary N) is 1. The smallest absolute Gasteiger partial charge is 0.199 e. The summed E-state index contributed by atoms with van der Waals surface area (Å²) in [4.78, 5) is 15.5. The van der Waals surface area contributed by atoms with Crippen molar-refractivity contribution in [2.75, 3.05) is 13.2 Å². The summed E-state index contributed by atoms with van der Waals surface area (Å²) in [6.45, 7) is 3.43. The molecule has 26 heavy (non-hydrogen) atoms. The van der Waals surface area contributed by atoms with E-state index in [4.69, 9.17) is 9.47 Å². The summed E-state index contributed by atoms with van der Waals surface area (Å²) >= 11 is 3.41. The average molecular weight is 420 g/mol. The Morgan fingerprint density at radius 2 is 1.96 bits per heavy atom. The van der Waals surface area contributed by atoms with Gasteiger partial charge in [-0.05, 0) is 65.6 Å². The molecule has 0 saturated carbocycles. The lowest BCUT2D eigenvalue weighted by atomic mass is 10.0. The predicted octanol–water partition coefficient (Wildman–Crippen LogP) is 4.43. The van der Waals surface area contributed by atoms with E-state index in [1.807, 2.05) is 0 Å². The second-order valence-electron chi connectivity index (χ2n) is 6.76. The lowest BCUT2D eigenvalue weighted by Crippen LogP contribution is -2.26. The largest absolute Gasteiger partial charge is 0.476 e. The first-order valence-corrected chi connectivity index (χ1v) is 10.2. The van der Waals surface area contributed by atoms with Crippen LogP contribution < -0.4 is 10.2 Å². The van der Waals surface area contributed by atoms with Gasteiger partial charge < -0.3 is 14.5 Å². The number of hydrogen-bond acceptors (Lipinski definition) is 3. The Morgan fingerprint density at radius 3 is 2.65 bits per heavy atom. The topological polar surface area (TPSA) is 51.3 Å². The summed E-state index contributed by atoms with van der Waals surface area (Å²) in [6.07, 6.45) is 6.09. The van der Waals surface area contributed by atoms with E-state index < -0.39 is 0 Å². The monoisotopic (exact) mass is 419 g/mol. The van der Waals surface area contributed by atoms with Crippen LogP contribution in [0, 0.1) is 0 Å². The first-order chi connectivity index (χ1) is 12.7. The maximum absolute atomic E-state index is 12.2. The fourth-order valence-electron chi connectivity index (χ4n) is 3.15. The number of ether oxygens (including phenoxy) is 2.